The molecule has 200 valence electrons. The number of carbonyl (C=O) groups is 2. The second-order valence-corrected chi connectivity index (χ2v) is 10.4. The lowest BCUT2D eigenvalue weighted by Crippen LogP contribution is -2.53. The Morgan fingerprint density at radius 2 is 1.95 bits per heavy atom. The molecule has 0 saturated carbocycles. The number of benzene rings is 1. The number of carbonyl (C=O) groups excluding carboxylic acids is 2. The summed E-state index contributed by atoms with van der Waals surface area (Å²) >= 11 is 0. The van der Waals surface area contributed by atoms with Crippen molar-refractivity contribution in [2.24, 2.45) is 0 Å². The van der Waals surface area contributed by atoms with Gasteiger partial charge in [-0.25, -0.2) is 0 Å². The topological polar surface area (TPSA) is 78.6 Å². The molecule has 1 aromatic carbocycles. The third kappa shape index (κ3) is 5.85. The van der Waals surface area contributed by atoms with Crippen LogP contribution in [0.3, 0.4) is 0 Å². The first-order valence-electron chi connectivity index (χ1n) is 14.3. The molecule has 2 aliphatic rings. The van der Waals surface area contributed by atoms with Gasteiger partial charge in [-0.2, -0.15) is 5.26 Å². The Morgan fingerprint density at radius 3 is 2.68 bits per heavy atom. The molecule has 37 heavy (non-hydrogen) atoms. The van der Waals surface area contributed by atoms with Gasteiger partial charge in [0.05, 0.1) is 24.3 Å². The first-order valence-corrected chi connectivity index (χ1v) is 14.3. The Kier molecular flexibility index (Phi) is 9.26. The molecule has 0 radical (unpaired) electrons. The van der Waals surface area contributed by atoms with Crippen LogP contribution in [0.4, 0.5) is 0 Å². The van der Waals surface area contributed by atoms with E-state index >= 15 is 0 Å². The van der Waals surface area contributed by atoms with Crippen molar-refractivity contribution in [1.29, 1.82) is 5.26 Å². The van der Waals surface area contributed by atoms with Crippen molar-refractivity contribution in [3.8, 4) is 6.07 Å². The Morgan fingerprint density at radius 1 is 1.14 bits per heavy atom. The molecule has 7 heteroatoms. The van der Waals surface area contributed by atoms with Gasteiger partial charge in [0.1, 0.15) is 6.04 Å². The number of ether oxygens (including phenoxy) is 1. The van der Waals surface area contributed by atoms with Gasteiger partial charge < -0.3 is 14.2 Å². The number of likely N-dealkylation sites (tertiary alicyclic amines) is 2. The molecule has 2 aliphatic heterocycles. The smallest absolute Gasteiger partial charge is 0.323 e. The number of unbranched alkanes of at least 4 members (excludes halogenated alkanes) is 1. The molecular weight excluding hydrogens is 464 g/mol. The maximum atomic E-state index is 13.9. The van der Waals surface area contributed by atoms with Gasteiger partial charge in [0.25, 0.3) is 0 Å². The fourth-order valence-electron chi connectivity index (χ4n) is 6.38. The van der Waals surface area contributed by atoms with Crippen LogP contribution in [-0.4, -0.2) is 64.1 Å². The number of hydrogen-bond acceptors (Lipinski definition) is 5. The molecule has 3 atom stereocenters. The summed E-state index contributed by atoms with van der Waals surface area (Å²) in [5.74, 6) is 0.0149. The van der Waals surface area contributed by atoms with Crippen LogP contribution < -0.4 is 0 Å². The highest BCUT2D eigenvalue weighted by Gasteiger charge is 2.42. The molecule has 0 N–H and O–H groups in total. The standard InChI is InChI=1S/C30H42N4O3/c1-4-7-11-27(30(36)37-6-3)34-18-9-12-26(34)29(35)33-17-8-10-24(33)15-16-25-20-23-14-13-22(21-31)19-28(23)32(25)5-2/h13-14,19-20,24,26-27H,4-12,15-18H2,1-3H3. The van der Waals surface area contributed by atoms with E-state index < -0.39 is 0 Å². The molecule has 3 unspecified atom stereocenters. The maximum Gasteiger partial charge on any atom is 0.323 e. The summed E-state index contributed by atoms with van der Waals surface area (Å²) in [7, 11) is 0. The number of rotatable bonds is 11. The fraction of sp³-hybridized carbons (Fsp3) is 0.633. The van der Waals surface area contributed by atoms with E-state index in [9.17, 15) is 14.9 Å². The molecule has 1 aromatic heterocycles. The predicted octanol–water partition coefficient (Wildman–Crippen LogP) is 5.04. The lowest BCUT2D eigenvalue weighted by atomic mass is 10.0. The number of nitrogens with zero attached hydrogens (tertiary/aromatic N) is 4. The first kappa shape index (κ1) is 27.2. The zero-order chi connectivity index (χ0) is 26.4. The SMILES string of the molecule is CCCCC(C(=O)OCC)N1CCCC1C(=O)N1CCCC1CCc1cc2ccc(C#N)cc2n1CC. The number of hydrogen-bond donors (Lipinski definition) is 0. The van der Waals surface area contributed by atoms with Crippen molar-refractivity contribution < 1.29 is 14.3 Å². The summed E-state index contributed by atoms with van der Waals surface area (Å²) < 4.78 is 7.71. The Hall–Kier alpha value is -2.85. The van der Waals surface area contributed by atoms with Crippen LogP contribution in [0.15, 0.2) is 24.3 Å². The largest absolute Gasteiger partial charge is 0.465 e. The van der Waals surface area contributed by atoms with Gasteiger partial charge in [-0.1, -0.05) is 25.8 Å². The van der Waals surface area contributed by atoms with Crippen LogP contribution in [0.25, 0.3) is 10.9 Å². The van der Waals surface area contributed by atoms with Gasteiger partial charge in [-0.3, -0.25) is 14.5 Å². The van der Waals surface area contributed by atoms with E-state index in [0.717, 1.165) is 88.3 Å². The molecule has 2 saturated heterocycles. The fourth-order valence-corrected chi connectivity index (χ4v) is 6.38. The van der Waals surface area contributed by atoms with Gasteiger partial charge >= 0.3 is 5.97 Å². The van der Waals surface area contributed by atoms with Crippen LogP contribution in [0.2, 0.25) is 0 Å². The van der Waals surface area contributed by atoms with Crippen molar-refractivity contribution in [3.05, 3.63) is 35.5 Å². The average Bonchev–Trinajstić information content (AvgIpc) is 3.65. The van der Waals surface area contributed by atoms with E-state index in [4.69, 9.17) is 4.74 Å². The van der Waals surface area contributed by atoms with Crippen molar-refractivity contribution in [2.75, 3.05) is 19.7 Å². The zero-order valence-electron chi connectivity index (χ0n) is 22.7. The number of fused-ring (bicyclic) bond motifs is 1. The maximum absolute atomic E-state index is 13.9. The highest BCUT2D eigenvalue weighted by Crippen LogP contribution is 2.30. The van der Waals surface area contributed by atoms with E-state index in [0.29, 0.717) is 12.2 Å². The molecule has 4 rings (SSSR count). The van der Waals surface area contributed by atoms with E-state index in [2.05, 4.69) is 40.3 Å². The number of aromatic nitrogens is 1. The second-order valence-electron chi connectivity index (χ2n) is 10.4. The Balaban J connectivity index is 1.46. The van der Waals surface area contributed by atoms with Gasteiger partial charge in [-0.05, 0) is 88.9 Å². The predicted molar refractivity (Wildman–Crippen MR) is 145 cm³/mol. The number of amides is 1. The normalized spacial score (nSPS) is 20.9. The van der Waals surface area contributed by atoms with Gasteiger partial charge in [-0.15, -0.1) is 0 Å². The molecule has 7 nitrogen and oxygen atoms in total. The minimum absolute atomic E-state index is 0.180. The Bertz CT molecular complexity index is 1130. The molecule has 0 aliphatic carbocycles. The minimum atomic E-state index is -0.323. The summed E-state index contributed by atoms with van der Waals surface area (Å²) in [6.45, 7) is 8.92. The van der Waals surface area contributed by atoms with Crippen molar-refractivity contribution >= 4 is 22.8 Å². The van der Waals surface area contributed by atoms with E-state index in [-0.39, 0.29) is 30.0 Å². The van der Waals surface area contributed by atoms with Crippen molar-refractivity contribution in [2.45, 2.75) is 103 Å². The van der Waals surface area contributed by atoms with Crippen molar-refractivity contribution in [1.82, 2.24) is 14.4 Å². The molecule has 3 heterocycles. The number of nitriles is 1. The monoisotopic (exact) mass is 506 g/mol. The molecule has 0 spiro atoms. The molecule has 1 amide bonds. The van der Waals surface area contributed by atoms with Gasteiger partial charge in [0.15, 0.2) is 0 Å². The number of esters is 1. The van der Waals surface area contributed by atoms with E-state index in [1.807, 2.05) is 25.1 Å². The van der Waals surface area contributed by atoms with Crippen molar-refractivity contribution in [3.63, 3.8) is 0 Å². The molecular formula is C30H42N4O3. The summed E-state index contributed by atoms with van der Waals surface area (Å²) in [5, 5.41) is 10.5. The van der Waals surface area contributed by atoms with Crippen LogP contribution in [0, 0.1) is 11.3 Å². The summed E-state index contributed by atoms with van der Waals surface area (Å²) in [6, 6.07) is 10.0. The molecule has 0 bridgehead atoms. The van der Waals surface area contributed by atoms with E-state index in [1.165, 1.54) is 5.69 Å². The third-order valence-electron chi connectivity index (χ3n) is 8.20. The highest BCUT2D eigenvalue weighted by molar-refractivity contribution is 5.85. The van der Waals surface area contributed by atoms with Crippen LogP contribution in [0.5, 0.6) is 0 Å². The first-order chi connectivity index (χ1) is 18.0. The van der Waals surface area contributed by atoms with Crippen LogP contribution in [-0.2, 0) is 27.3 Å². The summed E-state index contributed by atoms with van der Waals surface area (Å²) in [4.78, 5) is 30.9. The van der Waals surface area contributed by atoms with Gasteiger partial charge in [0.2, 0.25) is 5.91 Å². The van der Waals surface area contributed by atoms with Gasteiger partial charge in [0, 0.05) is 30.3 Å². The molecule has 2 fully saturated rings. The highest BCUT2D eigenvalue weighted by atomic mass is 16.5. The number of aryl methyl sites for hydroxylation is 2. The quantitative estimate of drug-likeness (QED) is 0.399. The van der Waals surface area contributed by atoms with Crippen LogP contribution in [0.1, 0.15) is 83.4 Å². The van der Waals surface area contributed by atoms with E-state index in [1.54, 1.807) is 0 Å². The lowest BCUT2D eigenvalue weighted by Gasteiger charge is -2.35. The summed E-state index contributed by atoms with van der Waals surface area (Å²) in [5.41, 5.74) is 3.05. The third-order valence-corrected chi connectivity index (χ3v) is 8.20. The minimum Gasteiger partial charge on any atom is -0.465 e. The second kappa shape index (κ2) is 12.6. The zero-order valence-corrected chi connectivity index (χ0v) is 22.7. The summed E-state index contributed by atoms with van der Waals surface area (Å²) in [6.07, 6.45) is 8.36. The lowest BCUT2D eigenvalue weighted by molar-refractivity contribution is -0.152. The molecule has 2 aromatic rings. The Labute approximate surface area is 221 Å². The average molecular weight is 507 g/mol. The van der Waals surface area contributed by atoms with Crippen LogP contribution >= 0.6 is 0 Å².